The van der Waals surface area contributed by atoms with E-state index in [2.05, 4.69) is 4.74 Å². The first-order valence-electron chi connectivity index (χ1n) is 5.11. The number of amides is 1. The van der Waals surface area contributed by atoms with Gasteiger partial charge in [0.05, 0.1) is 13.0 Å². The van der Waals surface area contributed by atoms with Crippen molar-refractivity contribution < 1.29 is 27.8 Å². The molecule has 0 aliphatic carbocycles. The van der Waals surface area contributed by atoms with Crippen LogP contribution in [-0.2, 0) is 14.3 Å². The second-order valence-corrected chi connectivity index (χ2v) is 4.86. The highest BCUT2D eigenvalue weighted by Crippen LogP contribution is 2.33. The van der Waals surface area contributed by atoms with Crippen molar-refractivity contribution in [3.8, 4) is 0 Å². The monoisotopic (exact) mass is 251 g/mol. The predicted molar refractivity (Wildman–Crippen MR) is 53.4 cm³/mol. The van der Waals surface area contributed by atoms with Crippen LogP contribution in [0, 0.1) is 0 Å². The first-order valence-corrected chi connectivity index (χ1v) is 5.11. The van der Waals surface area contributed by atoms with E-state index in [0.29, 0.717) is 0 Å². The average Bonchev–Trinajstić information content (AvgIpc) is 2.39. The molecular formula is C10H15F2NO4. The van der Waals surface area contributed by atoms with Crippen molar-refractivity contribution in [3.05, 3.63) is 0 Å². The minimum absolute atomic E-state index is 0.0451. The lowest BCUT2D eigenvalue weighted by atomic mass is 10.2. The second-order valence-electron chi connectivity index (χ2n) is 4.86. The van der Waals surface area contributed by atoms with Crippen molar-refractivity contribution in [1.82, 2.24) is 4.90 Å². The van der Waals surface area contributed by atoms with Gasteiger partial charge in [-0.05, 0) is 20.8 Å². The Kier molecular flexibility index (Phi) is 3.59. The molecule has 1 aliphatic heterocycles. The molecule has 1 rings (SSSR count). The summed E-state index contributed by atoms with van der Waals surface area (Å²) in [6.07, 6.45) is -2.88. The molecule has 0 aromatic carbocycles. The maximum atomic E-state index is 13.1. The van der Waals surface area contributed by atoms with E-state index in [4.69, 9.17) is 4.74 Å². The Balaban J connectivity index is 2.73. The van der Waals surface area contributed by atoms with Crippen molar-refractivity contribution >= 4 is 12.6 Å². The van der Waals surface area contributed by atoms with Gasteiger partial charge in [0, 0.05) is 0 Å². The van der Waals surface area contributed by atoms with Gasteiger partial charge in [-0.15, -0.1) is 0 Å². The van der Waals surface area contributed by atoms with Gasteiger partial charge in [-0.1, -0.05) is 0 Å². The highest BCUT2D eigenvalue weighted by Gasteiger charge is 2.49. The third-order valence-corrected chi connectivity index (χ3v) is 2.06. The fraction of sp³-hybridized carbons (Fsp3) is 0.800. The van der Waals surface area contributed by atoms with Crippen molar-refractivity contribution in [2.45, 2.75) is 44.9 Å². The van der Waals surface area contributed by atoms with Crippen LogP contribution in [0.3, 0.4) is 0 Å². The zero-order chi connectivity index (χ0) is 13.3. The van der Waals surface area contributed by atoms with Crippen LogP contribution in [0.5, 0.6) is 0 Å². The Morgan fingerprint density at radius 3 is 2.53 bits per heavy atom. The molecule has 0 saturated carbocycles. The molecule has 0 N–H and O–H groups in total. The fourth-order valence-corrected chi connectivity index (χ4v) is 1.47. The van der Waals surface area contributed by atoms with Gasteiger partial charge >= 0.3 is 6.09 Å². The van der Waals surface area contributed by atoms with E-state index in [0.717, 1.165) is 4.90 Å². The molecule has 0 aromatic rings. The molecule has 0 unspecified atom stereocenters. The molecule has 0 bridgehead atoms. The van der Waals surface area contributed by atoms with Crippen molar-refractivity contribution in [1.29, 1.82) is 0 Å². The molecule has 1 fully saturated rings. The second kappa shape index (κ2) is 4.46. The van der Waals surface area contributed by atoms with Crippen molar-refractivity contribution in [2.75, 3.05) is 6.54 Å². The summed E-state index contributed by atoms with van der Waals surface area (Å²) in [7, 11) is 0. The van der Waals surface area contributed by atoms with E-state index in [9.17, 15) is 18.4 Å². The van der Waals surface area contributed by atoms with Gasteiger partial charge in [-0.3, -0.25) is 9.69 Å². The number of ether oxygens (including phenoxy) is 2. The summed E-state index contributed by atoms with van der Waals surface area (Å²) in [4.78, 5) is 22.5. The first-order chi connectivity index (χ1) is 7.64. The minimum Gasteiger partial charge on any atom is -0.444 e. The number of hydrogen-bond acceptors (Lipinski definition) is 4. The zero-order valence-electron chi connectivity index (χ0n) is 9.91. The summed E-state index contributed by atoms with van der Waals surface area (Å²) in [5.41, 5.74) is -0.791. The number of nitrogens with zero attached hydrogens (tertiary/aromatic N) is 1. The van der Waals surface area contributed by atoms with E-state index in [1.807, 2.05) is 0 Å². The highest BCUT2D eigenvalue weighted by atomic mass is 19.3. The van der Waals surface area contributed by atoms with Crippen LogP contribution in [-0.4, -0.2) is 41.8 Å². The maximum absolute atomic E-state index is 13.1. The molecule has 5 nitrogen and oxygen atoms in total. The van der Waals surface area contributed by atoms with Gasteiger partial charge in [0.1, 0.15) is 5.60 Å². The molecular weight excluding hydrogens is 236 g/mol. The van der Waals surface area contributed by atoms with E-state index in [-0.39, 0.29) is 6.47 Å². The largest absolute Gasteiger partial charge is 0.444 e. The molecule has 1 aliphatic rings. The quantitative estimate of drug-likeness (QED) is 0.702. The fourth-order valence-electron chi connectivity index (χ4n) is 1.47. The van der Waals surface area contributed by atoms with Gasteiger partial charge in [0.15, 0.2) is 6.23 Å². The Hall–Kier alpha value is -1.40. The van der Waals surface area contributed by atoms with Crippen LogP contribution in [0.15, 0.2) is 0 Å². The topological polar surface area (TPSA) is 55.8 Å². The zero-order valence-corrected chi connectivity index (χ0v) is 9.91. The molecule has 0 spiro atoms. The summed E-state index contributed by atoms with van der Waals surface area (Å²) in [5.74, 6) is -3.06. The van der Waals surface area contributed by atoms with Crippen LogP contribution >= 0.6 is 0 Å². The molecule has 17 heavy (non-hydrogen) atoms. The van der Waals surface area contributed by atoms with Crippen LogP contribution in [0.2, 0.25) is 0 Å². The number of carbonyl (C=O) groups is 2. The summed E-state index contributed by atoms with van der Waals surface area (Å²) in [6.45, 7) is 4.10. The van der Waals surface area contributed by atoms with E-state index in [1.54, 1.807) is 20.8 Å². The van der Waals surface area contributed by atoms with Crippen LogP contribution in [0.25, 0.3) is 0 Å². The average molecular weight is 251 g/mol. The minimum atomic E-state index is -3.06. The third kappa shape index (κ3) is 3.83. The lowest BCUT2D eigenvalue weighted by Crippen LogP contribution is -2.41. The highest BCUT2D eigenvalue weighted by molar-refractivity contribution is 5.69. The molecule has 7 heteroatoms. The Bertz CT molecular complexity index is 314. The van der Waals surface area contributed by atoms with Crippen LogP contribution in [0.4, 0.5) is 13.6 Å². The third-order valence-electron chi connectivity index (χ3n) is 2.06. The van der Waals surface area contributed by atoms with Gasteiger partial charge in [0.2, 0.25) is 0 Å². The number of rotatable bonds is 2. The molecule has 0 radical (unpaired) electrons. The smallest absolute Gasteiger partial charge is 0.413 e. The Morgan fingerprint density at radius 2 is 2.06 bits per heavy atom. The molecule has 1 heterocycles. The number of alkyl halides is 2. The van der Waals surface area contributed by atoms with Gasteiger partial charge in [0.25, 0.3) is 12.4 Å². The van der Waals surface area contributed by atoms with Gasteiger partial charge in [-0.2, -0.15) is 0 Å². The summed E-state index contributed by atoms with van der Waals surface area (Å²) >= 11 is 0. The van der Waals surface area contributed by atoms with Crippen LogP contribution in [0.1, 0.15) is 27.2 Å². The van der Waals surface area contributed by atoms with Gasteiger partial charge in [-0.25, -0.2) is 13.6 Å². The normalized spacial score (nSPS) is 23.4. The van der Waals surface area contributed by atoms with E-state index in [1.165, 1.54) is 0 Å². The first kappa shape index (κ1) is 13.7. The number of hydrogen-bond donors (Lipinski definition) is 0. The number of carbonyl (C=O) groups excluding carboxylic acids is 2. The number of likely N-dealkylation sites (tertiary alicyclic amines) is 1. The van der Waals surface area contributed by atoms with Crippen molar-refractivity contribution in [3.63, 3.8) is 0 Å². The Morgan fingerprint density at radius 1 is 1.47 bits per heavy atom. The van der Waals surface area contributed by atoms with Gasteiger partial charge < -0.3 is 9.47 Å². The predicted octanol–water partition coefficient (Wildman–Crippen LogP) is 1.76. The molecule has 1 saturated heterocycles. The molecule has 1 amide bonds. The lowest BCUT2D eigenvalue weighted by molar-refractivity contribution is -0.140. The maximum Gasteiger partial charge on any atom is 0.413 e. The van der Waals surface area contributed by atoms with E-state index >= 15 is 0 Å². The van der Waals surface area contributed by atoms with Crippen LogP contribution < -0.4 is 0 Å². The summed E-state index contributed by atoms with van der Waals surface area (Å²) < 4.78 is 35.6. The summed E-state index contributed by atoms with van der Waals surface area (Å²) in [5, 5.41) is 0. The molecule has 0 aromatic heterocycles. The standard InChI is InChI=1S/C10H15F2NO4/c1-9(2,3)17-8(15)13-5-10(11,12)4-7(13)16-6-14/h6-7H,4-5H2,1-3H3/t7-/m1/s1. The van der Waals surface area contributed by atoms with E-state index < -0.39 is 36.8 Å². The molecule has 1 atom stereocenters. The van der Waals surface area contributed by atoms with Crippen molar-refractivity contribution in [2.24, 2.45) is 0 Å². The Labute approximate surface area is 97.7 Å². The summed E-state index contributed by atoms with van der Waals surface area (Å²) in [6, 6.07) is 0. The SMILES string of the molecule is CC(C)(C)OC(=O)N1CC(F)(F)C[C@H]1OC=O. The lowest BCUT2D eigenvalue weighted by Gasteiger charge is -2.26. The molecule has 98 valence electrons. The number of halogens is 2.